The van der Waals surface area contributed by atoms with Crippen molar-refractivity contribution >= 4 is 5.69 Å². The van der Waals surface area contributed by atoms with Gasteiger partial charge in [0.2, 0.25) is 0 Å². The van der Waals surface area contributed by atoms with E-state index in [0.29, 0.717) is 0 Å². The van der Waals surface area contributed by atoms with Gasteiger partial charge in [-0.3, -0.25) is 0 Å². The van der Waals surface area contributed by atoms with Crippen molar-refractivity contribution in [2.45, 2.75) is 12.8 Å². The summed E-state index contributed by atoms with van der Waals surface area (Å²) in [6, 6.07) is 8.23. The largest absolute Gasteiger partial charge is 0.380 e. The van der Waals surface area contributed by atoms with Crippen molar-refractivity contribution in [3.05, 3.63) is 53.1 Å². The number of nitrogens with one attached hydrogen (secondary N) is 1. The molecule has 78 valence electrons. The molecule has 1 heteroatoms. The molecule has 0 radical (unpaired) electrons. The topological polar surface area (TPSA) is 12.0 Å². The average Bonchev–Trinajstić information content (AvgIpc) is 2.32. The molecule has 0 saturated carbocycles. The zero-order valence-electron chi connectivity index (χ0n) is 9.09. The number of allylic oxidation sites excluding steroid dienone is 3. The molecule has 0 bridgehead atoms. The van der Waals surface area contributed by atoms with Crippen molar-refractivity contribution in [1.82, 2.24) is 0 Å². The lowest BCUT2D eigenvalue weighted by atomic mass is 9.96. The van der Waals surface area contributed by atoms with Crippen molar-refractivity contribution in [2.24, 2.45) is 0 Å². The zero-order valence-corrected chi connectivity index (χ0v) is 9.09. The Morgan fingerprint density at radius 3 is 3.06 bits per heavy atom. The number of benzene rings is 1. The van der Waals surface area contributed by atoms with Crippen LogP contribution >= 0.6 is 0 Å². The average molecular weight is 207 g/mol. The molecule has 1 aromatic rings. The summed E-state index contributed by atoms with van der Waals surface area (Å²) in [6.07, 6.45) is 6.64. The summed E-state index contributed by atoms with van der Waals surface area (Å²) in [5.41, 5.74) is 4.88. The summed E-state index contributed by atoms with van der Waals surface area (Å²) in [4.78, 5) is 0. The van der Waals surface area contributed by atoms with E-state index in [4.69, 9.17) is 0 Å². The molecule has 2 aliphatic rings. The van der Waals surface area contributed by atoms with Gasteiger partial charge < -0.3 is 5.32 Å². The smallest absolute Gasteiger partial charge is 0.0502 e. The van der Waals surface area contributed by atoms with Gasteiger partial charge in [-0.05, 0) is 30.5 Å². The van der Waals surface area contributed by atoms with E-state index in [1.807, 2.05) is 12.1 Å². The summed E-state index contributed by atoms with van der Waals surface area (Å²) in [7, 11) is 0. The SMILES string of the molecule is C1#Cc2ccccc2NCC2=C1C=CCC2. The van der Waals surface area contributed by atoms with Crippen LogP contribution in [0.5, 0.6) is 0 Å². The molecule has 1 N–H and O–H groups in total. The van der Waals surface area contributed by atoms with Crippen molar-refractivity contribution < 1.29 is 0 Å². The molecule has 1 aromatic carbocycles. The van der Waals surface area contributed by atoms with Gasteiger partial charge in [-0.15, -0.1) is 0 Å². The second-order valence-electron chi connectivity index (χ2n) is 4.11. The molecular weight excluding hydrogens is 194 g/mol. The van der Waals surface area contributed by atoms with Gasteiger partial charge in [-0.25, -0.2) is 0 Å². The van der Waals surface area contributed by atoms with E-state index < -0.39 is 0 Å². The Labute approximate surface area is 95.9 Å². The lowest BCUT2D eigenvalue weighted by Crippen LogP contribution is -2.10. The second-order valence-corrected chi connectivity index (χ2v) is 4.11. The fraction of sp³-hybridized carbons (Fsp3) is 0.200. The first kappa shape index (κ1) is 9.30. The van der Waals surface area contributed by atoms with Crippen LogP contribution in [0.4, 0.5) is 5.69 Å². The minimum atomic E-state index is 0.922. The first-order valence-corrected chi connectivity index (χ1v) is 5.67. The highest BCUT2D eigenvalue weighted by atomic mass is 14.9. The first-order valence-electron chi connectivity index (χ1n) is 5.67. The number of para-hydroxylation sites is 1. The fourth-order valence-electron chi connectivity index (χ4n) is 2.11. The molecule has 0 spiro atoms. The maximum absolute atomic E-state index is 3.47. The lowest BCUT2D eigenvalue weighted by Gasteiger charge is -2.17. The van der Waals surface area contributed by atoms with Gasteiger partial charge in [-0.1, -0.05) is 36.1 Å². The van der Waals surface area contributed by atoms with Crippen LogP contribution in [0.3, 0.4) is 0 Å². The summed E-state index contributed by atoms with van der Waals surface area (Å²) in [5.74, 6) is 6.53. The number of hydrogen-bond acceptors (Lipinski definition) is 1. The highest BCUT2D eigenvalue weighted by Gasteiger charge is 2.09. The maximum Gasteiger partial charge on any atom is 0.0502 e. The highest BCUT2D eigenvalue weighted by molar-refractivity contribution is 5.63. The predicted octanol–water partition coefficient (Wildman–Crippen LogP) is 3.11. The second kappa shape index (κ2) is 3.90. The van der Waals surface area contributed by atoms with Crippen molar-refractivity contribution in [2.75, 3.05) is 11.9 Å². The number of anilines is 1. The Morgan fingerprint density at radius 1 is 1.12 bits per heavy atom. The van der Waals surface area contributed by atoms with Gasteiger partial charge in [0.25, 0.3) is 0 Å². The van der Waals surface area contributed by atoms with Crippen LogP contribution in [0.15, 0.2) is 47.6 Å². The molecule has 1 nitrogen and oxygen atoms in total. The van der Waals surface area contributed by atoms with Crippen LogP contribution in [0.25, 0.3) is 0 Å². The van der Waals surface area contributed by atoms with Gasteiger partial charge in [0.15, 0.2) is 0 Å². The molecule has 16 heavy (non-hydrogen) atoms. The Balaban J connectivity index is 2.07. The van der Waals surface area contributed by atoms with Crippen molar-refractivity contribution in [1.29, 1.82) is 0 Å². The first-order chi connectivity index (χ1) is 7.93. The molecule has 0 fully saturated rings. The van der Waals surface area contributed by atoms with E-state index in [0.717, 1.165) is 30.6 Å². The minimum Gasteiger partial charge on any atom is -0.380 e. The maximum atomic E-state index is 3.47. The van der Waals surface area contributed by atoms with Crippen molar-refractivity contribution in [3.63, 3.8) is 0 Å². The molecule has 3 rings (SSSR count). The van der Waals surface area contributed by atoms with E-state index in [2.05, 4.69) is 41.4 Å². The van der Waals surface area contributed by atoms with Crippen LogP contribution in [-0.2, 0) is 0 Å². The molecule has 0 unspecified atom stereocenters. The predicted molar refractivity (Wildman–Crippen MR) is 67.2 cm³/mol. The normalized spacial score (nSPS) is 17.2. The van der Waals surface area contributed by atoms with Crippen molar-refractivity contribution in [3.8, 4) is 11.8 Å². The molecule has 0 atom stereocenters. The summed E-state index contributed by atoms with van der Waals surface area (Å²) in [5, 5.41) is 3.47. The van der Waals surface area contributed by atoms with E-state index in [1.165, 1.54) is 11.1 Å². The quantitative estimate of drug-likeness (QED) is 0.644. The third-order valence-corrected chi connectivity index (χ3v) is 3.03. The molecule has 0 aromatic heterocycles. The van der Waals surface area contributed by atoms with Crippen LogP contribution in [-0.4, -0.2) is 6.54 Å². The molecule has 0 amide bonds. The van der Waals surface area contributed by atoms with E-state index >= 15 is 0 Å². The Bertz CT molecular complexity index is 538. The van der Waals surface area contributed by atoms with Gasteiger partial charge in [0, 0.05) is 17.7 Å². The molecule has 1 aliphatic carbocycles. The van der Waals surface area contributed by atoms with Gasteiger partial charge in [0.05, 0.1) is 5.69 Å². The molecular formula is C15H13N. The lowest BCUT2D eigenvalue weighted by molar-refractivity contribution is 0.922. The Morgan fingerprint density at radius 2 is 2.06 bits per heavy atom. The Hall–Kier alpha value is -1.94. The number of rotatable bonds is 0. The summed E-state index contributed by atoms with van der Waals surface area (Å²) < 4.78 is 0. The van der Waals surface area contributed by atoms with Crippen LogP contribution in [0.1, 0.15) is 18.4 Å². The zero-order chi connectivity index (χ0) is 10.8. The standard InChI is InChI=1S/C15H13N/c1-2-7-14-11-16-15-8-4-3-6-13(15)10-9-12(14)5-1/h1,3-6,8,16H,2,7,11H2. The summed E-state index contributed by atoms with van der Waals surface area (Å²) >= 11 is 0. The Kier molecular flexibility index (Phi) is 2.27. The number of hydrogen-bond donors (Lipinski definition) is 1. The van der Waals surface area contributed by atoms with Crippen LogP contribution < -0.4 is 5.32 Å². The highest BCUT2D eigenvalue weighted by Crippen LogP contribution is 2.22. The van der Waals surface area contributed by atoms with Gasteiger partial charge in [0.1, 0.15) is 0 Å². The van der Waals surface area contributed by atoms with Crippen LogP contribution in [0.2, 0.25) is 0 Å². The van der Waals surface area contributed by atoms with Crippen LogP contribution in [0, 0.1) is 11.8 Å². The fourth-order valence-corrected chi connectivity index (χ4v) is 2.11. The molecule has 1 heterocycles. The summed E-state index contributed by atoms with van der Waals surface area (Å²) in [6.45, 7) is 0.922. The van der Waals surface area contributed by atoms with E-state index in [9.17, 15) is 0 Å². The van der Waals surface area contributed by atoms with E-state index in [1.54, 1.807) is 0 Å². The monoisotopic (exact) mass is 207 g/mol. The van der Waals surface area contributed by atoms with Gasteiger partial charge >= 0.3 is 0 Å². The van der Waals surface area contributed by atoms with Gasteiger partial charge in [-0.2, -0.15) is 0 Å². The molecule has 1 aliphatic heterocycles. The molecule has 0 saturated heterocycles. The third-order valence-electron chi connectivity index (χ3n) is 3.03. The minimum absolute atomic E-state index is 0.922. The third kappa shape index (κ3) is 1.63. The number of fused-ring (bicyclic) bond motifs is 1. The van der Waals surface area contributed by atoms with E-state index in [-0.39, 0.29) is 0 Å².